The van der Waals surface area contributed by atoms with Gasteiger partial charge in [-0.1, -0.05) is 152 Å². The molecule has 0 saturated carbocycles. The number of nitrogen functional groups attached to an aromatic ring is 1. The Bertz CT molecular complexity index is 7180. The summed E-state index contributed by atoms with van der Waals surface area (Å²) in [7, 11) is 3.85. The Hall–Kier alpha value is -15.8. The summed E-state index contributed by atoms with van der Waals surface area (Å²) in [4.78, 5) is 90.7. The number of ether oxygens (including phenoxy) is 4. The number of hydrogen-bond acceptors (Lipinski definition) is 19. The molecule has 7 aromatic carbocycles. The Morgan fingerprint density at radius 1 is 0.465 bits per heavy atom. The number of aryl methyl sites for hydroxylation is 1. The first kappa shape index (κ1) is 104. The number of pyridine rings is 3. The summed E-state index contributed by atoms with van der Waals surface area (Å²) in [6, 6.07) is 59.6. The number of imidazole rings is 6. The second kappa shape index (κ2) is 46.3. The minimum atomic E-state index is -4.65. The molecule has 5 N–H and O–H groups in total. The monoisotopic (exact) mass is 1970 g/mol. The van der Waals surface area contributed by atoms with E-state index in [0.717, 1.165) is 72.7 Å². The van der Waals surface area contributed by atoms with Crippen molar-refractivity contribution in [3.63, 3.8) is 0 Å². The van der Waals surface area contributed by atoms with E-state index in [1.165, 1.54) is 91.2 Å². The number of carbonyl (C=O) groups excluding carboxylic acids is 4. The van der Waals surface area contributed by atoms with Crippen LogP contribution in [0.3, 0.4) is 0 Å². The zero-order valence-corrected chi connectivity index (χ0v) is 78.2. The molecule has 0 fully saturated rings. The quantitative estimate of drug-likeness (QED) is 0.0394. The summed E-state index contributed by atoms with van der Waals surface area (Å²) in [5, 5.41) is 9.03. The Morgan fingerprint density at radius 3 is 1.43 bits per heavy atom. The van der Waals surface area contributed by atoms with Crippen molar-refractivity contribution < 1.29 is 96.3 Å². The number of carbonyl (C=O) groups is 5. The molecular weight excluding hydrogens is 1880 g/mol. The van der Waals surface area contributed by atoms with Gasteiger partial charge in [0, 0.05) is 146 Å². The first-order valence-electron chi connectivity index (χ1n) is 44.6. The van der Waals surface area contributed by atoms with E-state index in [0.29, 0.717) is 144 Å². The number of carboxylic acids is 1. The molecule has 0 spiro atoms. The average molecular weight is 1970 g/mol. The van der Waals surface area contributed by atoms with E-state index >= 15 is 0 Å². The van der Waals surface area contributed by atoms with Crippen LogP contribution >= 0.6 is 12.4 Å². The van der Waals surface area contributed by atoms with E-state index < -0.39 is 70.5 Å². The predicted octanol–water partition coefficient (Wildman–Crippen LogP) is 20.6. The largest absolute Gasteiger partial charge is 0.481 e. The lowest BCUT2D eigenvalue weighted by Crippen LogP contribution is -2.30. The van der Waals surface area contributed by atoms with Crippen molar-refractivity contribution in [2.75, 3.05) is 27.1 Å². The fourth-order valence-corrected chi connectivity index (χ4v) is 16.0. The molecule has 9 aromatic heterocycles. The maximum absolute atomic E-state index is 14.6. The van der Waals surface area contributed by atoms with Gasteiger partial charge < -0.3 is 58.2 Å². The standard InChI is InChI=1S/C19H23FN2O2.C15H11F3N2O2.C15H15FN2O2.C15H11FN2O2.C14H13FN2O2.C13H13F2N3.C13H9F2N3.ClH/c1-19(2,3)24-16(23)12-13-9-10-22-15(11-13)21-17(18(22)20)14-7-5-4-6-8-14;1-22-14(21)11-7-8-19-12(9-11)20-13(15(16,17)18)10-5-3-2-4-6-10;2*1-20-15(19)11-7-8-18-12(9-11)17-13(14(18)16)10-5-3-2-4-6-10;15-13-12(9-4-2-1-3-5-9)16-11-8-10(14(18)19)6-7-17(11)13;2*14-8-1-2-11(15)10(5-8)12-7-18-4-3-9(16)6-13(18)17-12;/h4-8,13H,9-12H2,1-3H3;2-9H,1H3;2-6,11H,7-9H2,1H3;2-9H,1H3;1-5,10H,6-8H2,(H,18,19);1-2,5,7,9H,3-4,6,16H2;1-7H,16H2;1H. The van der Waals surface area contributed by atoms with E-state index in [9.17, 15) is 72.3 Å². The molecule has 4 aliphatic rings. The highest BCUT2D eigenvalue weighted by Gasteiger charge is 2.38. The number of carboxylic acid groups (broad SMARTS) is 1. The average Bonchev–Trinajstić information content (AvgIpc) is 1.65. The smallest absolute Gasteiger partial charge is 0.434 e. The topological polar surface area (TPSA) is 326 Å². The molecule has 38 heteroatoms. The number of aliphatic imine (C=N–C) groups is 1. The van der Waals surface area contributed by atoms with Crippen LogP contribution in [0.2, 0.25) is 0 Å². The molecule has 16 aromatic rings. The molecule has 736 valence electrons. The van der Waals surface area contributed by atoms with Gasteiger partial charge in [-0.05, 0) is 119 Å². The molecule has 20 rings (SSSR count). The highest BCUT2D eigenvalue weighted by molar-refractivity contribution is 6.06. The summed E-state index contributed by atoms with van der Waals surface area (Å²) in [5.74, 6) is -3.86. The van der Waals surface area contributed by atoms with E-state index in [4.69, 9.17) is 26.0 Å². The second-order valence-electron chi connectivity index (χ2n) is 34.0. The highest BCUT2D eigenvalue weighted by Crippen LogP contribution is 2.36. The Labute approximate surface area is 813 Å². The maximum Gasteiger partial charge on any atom is 0.434 e. The third kappa shape index (κ3) is 25.6. The lowest BCUT2D eigenvalue weighted by atomic mass is 9.94. The highest BCUT2D eigenvalue weighted by atomic mass is 35.5. The van der Waals surface area contributed by atoms with E-state index in [2.05, 4.69) is 49.4 Å². The maximum atomic E-state index is 14.6. The van der Waals surface area contributed by atoms with Gasteiger partial charge in [0.05, 0.1) is 55.7 Å². The van der Waals surface area contributed by atoms with Crippen molar-refractivity contribution in [2.45, 2.75) is 123 Å². The summed E-state index contributed by atoms with van der Waals surface area (Å²) in [6.45, 7) is 7.74. The lowest BCUT2D eigenvalue weighted by Gasteiger charge is -2.25. The summed E-state index contributed by atoms with van der Waals surface area (Å²) in [5.41, 5.74) is 17.2. The third-order valence-corrected chi connectivity index (χ3v) is 23.0. The van der Waals surface area contributed by atoms with Crippen molar-refractivity contribution >= 4 is 70.8 Å². The van der Waals surface area contributed by atoms with Crippen LogP contribution in [-0.4, -0.2) is 142 Å². The fraction of sp³-hybridized carbons (Fsp3) is 0.240. The van der Waals surface area contributed by atoms with Crippen LogP contribution in [0, 0.1) is 64.8 Å². The van der Waals surface area contributed by atoms with Gasteiger partial charge in [-0.3, -0.25) is 18.8 Å². The number of anilines is 1. The van der Waals surface area contributed by atoms with E-state index in [-0.39, 0.29) is 93.8 Å². The summed E-state index contributed by atoms with van der Waals surface area (Å²) < 4.78 is 180. The molecule has 0 aliphatic carbocycles. The number of fused-ring (bicyclic) bond motifs is 6. The molecule has 13 heterocycles. The molecule has 0 bridgehead atoms. The minimum absolute atomic E-state index is 0. The summed E-state index contributed by atoms with van der Waals surface area (Å²) in [6.07, 6.45) is 8.16. The zero-order valence-electron chi connectivity index (χ0n) is 77.4. The number of hydrogen-bond donors (Lipinski definition) is 3. The van der Waals surface area contributed by atoms with Crippen LogP contribution in [0.5, 0.6) is 0 Å². The Balaban J connectivity index is 0.000000139. The van der Waals surface area contributed by atoms with Crippen LogP contribution < -0.4 is 11.5 Å². The number of aliphatic carboxylic acids is 1. The molecule has 4 aliphatic heterocycles. The van der Waals surface area contributed by atoms with Crippen molar-refractivity contribution in [1.82, 2.24) is 62.0 Å². The fourth-order valence-electron chi connectivity index (χ4n) is 16.0. The van der Waals surface area contributed by atoms with Gasteiger partial charge in [0.2, 0.25) is 23.8 Å². The first-order valence-corrected chi connectivity index (χ1v) is 44.6. The number of esters is 4. The van der Waals surface area contributed by atoms with E-state index in [1.807, 2.05) is 122 Å². The van der Waals surface area contributed by atoms with Crippen molar-refractivity contribution in [1.29, 1.82) is 0 Å². The van der Waals surface area contributed by atoms with Gasteiger partial charge in [0.1, 0.15) is 86.2 Å². The first-order chi connectivity index (χ1) is 67.6. The van der Waals surface area contributed by atoms with Gasteiger partial charge in [-0.2, -0.15) is 30.7 Å². The van der Waals surface area contributed by atoms with Gasteiger partial charge in [-0.15, -0.1) is 12.4 Å². The van der Waals surface area contributed by atoms with Crippen molar-refractivity contribution in [3.05, 3.63) is 342 Å². The number of nitrogens with two attached hydrogens (primary N) is 2. The van der Waals surface area contributed by atoms with Crippen LogP contribution in [-0.2, 0) is 85.2 Å². The second-order valence-corrected chi connectivity index (χ2v) is 34.0. The van der Waals surface area contributed by atoms with Gasteiger partial charge in [-0.25, -0.2) is 67.0 Å². The SMILES string of the molecule is CC(C)(C)OC(=O)CC1CCn2c(nc(-c3ccccc3)c2F)C1.COC(=O)C1CCn2c(nc(-c3ccccc3)c2F)C1.COC(=O)c1ccn2c(F)c(-c3ccccc3)nc2c1.COC(=O)c1ccnc(N=C(c2ccccc2)C(F)(F)F)c1.Cl.NC1CCn2cc(-c3cc(F)ccc3F)nc2C1.Nc1ccn2cc(-c3cc(F)ccc3F)nc2c1.O=C(O)C1CCn2c(nc(-c3ccccc3)c2F)C1. The van der Waals surface area contributed by atoms with Crippen molar-refractivity contribution in [2.24, 2.45) is 28.5 Å². The number of halogens is 12. The molecule has 4 unspecified atom stereocenters. The van der Waals surface area contributed by atoms with Crippen LogP contribution in [0.1, 0.15) is 102 Å². The predicted molar refractivity (Wildman–Crippen MR) is 511 cm³/mol. The van der Waals surface area contributed by atoms with Gasteiger partial charge >= 0.3 is 36.0 Å². The van der Waals surface area contributed by atoms with E-state index in [1.54, 1.807) is 74.6 Å². The van der Waals surface area contributed by atoms with Crippen molar-refractivity contribution in [3.8, 4) is 67.5 Å². The molecular formula is C104H96ClF11N16O10. The summed E-state index contributed by atoms with van der Waals surface area (Å²) >= 11 is 0. The molecule has 142 heavy (non-hydrogen) atoms. The molecule has 0 radical (unpaired) electrons. The molecule has 4 atom stereocenters. The third-order valence-electron chi connectivity index (χ3n) is 23.0. The van der Waals surface area contributed by atoms with Crippen LogP contribution in [0.15, 0.2) is 260 Å². The number of nitrogens with zero attached hydrogens (tertiary/aromatic N) is 14. The minimum Gasteiger partial charge on any atom is -0.481 e. The van der Waals surface area contributed by atoms with Gasteiger partial charge in [0.15, 0.2) is 11.5 Å². The number of methoxy groups -OCH3 is 3. The van der Waals surface area contributed by atoms with Gasteiger partial charge in [0.25, 0.3) is 0 Å². The number of alkyl halides is 3. The molecule has 0 amide bonds. The number of rotatable bonds is 14. The Morgan fingerprint density at radius 2 is 0.937 bits per heavy atom. The lowest BCUT2D eigenvalue weighted by molar-refractivity contribution is -0.156. The normalized spacial score (nSPS) is 15.0. The molecule has 26 nitrogen and oxygen atoms in total. The van der Waals surface area contributed by atoms with Crippen LogP contribution in [0.25, 0.3) is 78.8 Å². The zero-order chi connectivity index (χ0) is 101. The molecule has 0 saturated heterocycles. The van der Waals surface area contributed by atoms with Crippen LogP contribution in [0.4, 0.5) is 59.8 Å². The number of aromatic nitrogens is 13. The number of benzene rings is 7. The Kier molecular flexibility index (Phi) is 33.8.